The van der Waals surface area contributed by atoms with Gasteiger partial charge in [0.15, 0.2) is 60.4 Å². The lowest BCUT2D eigenvalue weighted by Gasteiger charge is -2.16. The van der Waals surface area contributed by atoms with Gasteiger partial charge in [0, 0.05) is 0 Å². The molecule has 2 aliphatic rings. The van der Waals surface area contributed by atoms with Crippen LogP contribution >= 0.6 is 7.60 Å². The van der Waals surface area contributed by atoms with Gasteiger partial charge >= 0.3 is 7.60 Å². The summed E-state index contributed by atoms with van der Waals surface area (Å²) in [6.07, 6.45) is -7.74. The molecule has 9 N–H and O–H groups in total. The van der Waals surface area contributed by atoms with Crippen molar-refractivity contribution in [2.45, 2.75) is 49.4 Å². The van der Waals surface area contributed by atoms with Gasteiger partial charge in [-0.3, -0.25) is 13.7 Å². The average molecular weight is 618 g/mol. The van der Waals surface area contributed by atoms with Crippen molar-refractivity contribution >= 4 is 41.6 Å². The van der Waals surface area contributed by atoms with Crippen LogP contribution in [0.15, 0.2) is 25.3 Å². The van der Waals surface area contributed by atoms with E-state index >= 15 is 0 Å². The number of hydrogen-bond acceptors (Lipinski definition) is 15. The minimum absolute atomic E-state index is 0.104. The van der Waals surface area contributed by atoms with Gasteiger partial charge < -0.3 is 50.8 Å². The van der Waals surface area contributed by atoms with Crippen molar-refractivity contribution < 1.29 is 52.7 Å². The van der Waals surface area contributed by atoms with Crippen molar-refractivity contribution in [2.75, 3.05) is 24.4 Å². The van der Waals surface area contributed by atoms with Crippen LogP contribution in [0, 0.1) is 0 Å². The van der Waals surface area contributed by atoms with Crippen molar-refractivity contribution in [3.63, 3.8) is 0 Å². The van der Waals surface area contributed by atoms with E-state index in [0.29, 0.717) is 11.2 Å². The number of aliphatic hydroxyl groups excluding tert-OH is 3. The number of hydrogen-bond donors (Lipinski definition) is 7. The van der Waals surface area contributed by atoms with E-state index in [0.717, 1.165) is 0 Å². The molecule has 0 saturated carbocycles. The zero-order chi connectivity index (χ0) is 30.3. The van der Waals surface area contributed by atoms with Crippen LogP contribution in [-0.4, -0.2) is 114 Å². The van der Waals surface area contributed by atoms with Crippen molar-refractivity contribution in [1.29, 1.82) is 0 Å². The Morgan fingerprint density at radius 1 is 0.857 bits per heavy atom. The van der Waals surface area contributed by atoms with Crippen LogP contribution in [0.2, 0.25) is 0 Å². The first-order valence-corrected chi connectivity index (χ1v) is 13.8. The summed E-state index contributed by atoms with van der Waals surface area (Å²) in [5.74, 6) is 0.291. The van der Waals surface area contributed by atoms with Crippen LogP contribution in [-0.2, 0) is 18.8 Å². The van der Waals surface area contributed by atoms with Crippen LogP contribution in [0.4, 0.5) is 20.4 Å². The first-order chi connectivity index (χ1) is 19.9. The summed E-state index contributed by atoms with van der Waals surface area (Å²) < 4.78 is 56.3. The fourth-order valence-corrected chi connectivity index (χ4v) is 4.68. The number of nitrogens with two attached hydrogens (primary N) is 2. The van der Waals surface area contributed by atoms with Crippen molar-refractivity contribution in [2.24, 2.45) is 0 Å². The number of fused-ring (bicyclic) bond motifs is 2. The van der Waals surface area contributed by atoms with Crippen molar-refractivity contribution in [3.05, 3.63) is 25.3 Å². The first-order valence-electron chi connectivity index (χ1n) is 12.0. The summed E-state index contributed by atoms with van der Waals surface area (Å²) >= 11 is 0. The average Bonchev–Trinajstić information content (AvgIpc) is 3.70. The molecule has 6 heterocycles. The zero-order valence-corrected chi connectivity index (χ0v) is 22.0. The smallest absolute Gasteiger partial charge is 0.351 e. The second-order valence-corrected chi connectivity index (χ2v) is 10.7. The third kappa shape index (κ3) is 5.61. The van der Waals surface area contributed by atoms with E-state index in [1.165, 1.54) is 34.4 Å². The van der Waals surface area contributed by atoms with E-state index in [9.17, 15) is 23.6 Å². The minimum Gasteiger partial charge on any atom is -0.394 e. The third-order valence-electron chi connectivity index (χ3n) is 6.35. The van der Waals surface area contributed by atoms with Crippen molar-refractivity contribution in [3.8, 4) is 0 Å². The molecular weight excluding hydrogens is 593 g/mol. The largest absolute Gasteiger partial charge is 0.394 e. The van der Waals surface area contributed by atoms with Crippen LogP contribution in [0.3, 0.4) is 0 Å². The maximum atomic E-state index is 14.0. The van der Waals surface area contributed by atoms with Crippen LogP contribution in [0.1, 0.15) is 12.5 Å². The summed E-state index contributed by atoms with van der Waals surface area (Å²) in [6, 6.07) is 0. The maximum absolute atomic E-state index is 14.0. The fraction of sp³-hybridized carbons (Fsp3) is 0.500. The summed E-state index contributed by atoms with van der Waals surface area (Å²) in [5, 5.41) is 28.8. The van der Waals surface area contributed by atoms with E-state index in [2.05, 4.69) is 29.9 Å². The SMILES string of the molecule is Nc1ncnc2c1ncn2[C@@H]1O[C@H](CO)C(F)[C@@H]1O.Nc1ncnc2c1ncn2[C@@H]1O[C@H](OCP(=O)(O)O)C(F)[C@@H]1O. The molecule has 0 amide bonds. The number of nitrogens with zero attached hydrogens (tertiary/aromatic N) is 8. The number of imidazole rings is 2. The summed E-state index contributed by atoms with van der Waals surface area (Å²) in [6.45, 7) is -0.515. The molecule has 0 bridgehead atoms. The van der Waals surface area contributed by atoms with Gasteiger partial charge in [-0.1, -0.05) is 0 Å². The molecule has 22 heteroatoms. The van der Waals surface area contributed by atoms with E-state index in [1.807, 2.05) is 0 Å². The highest BCUT2D eigenvalue weighted by atomic mass is 31.2. The Balaban J connectivity index is 0.000000171. The zero-order valence-electron chi connectivity index (χ0n) is 21.1. The quantitative estimate of drug-likeness (QED) is 0.116. The Bertz CT molecular complexity index is 1610. The summed E-state index contributed by atoms with van der Waals surface area (Å²) in [7, 11) is -4.50. The fourth-order valence-electron chi connectivity index (χ4n) is 4.34. The van der Waals surface area contributed by atoms with Gasteiger partial charge in [0.2, 0.25) is 0 Å². The number of alkyl halides is 2. The third-order valence-corrected chi connectivity index (χ3v) is 6.83. The number of nitrogen functional groups attached to an aromatic ring is 2. The summed E-state index contributed by atoms with van der Waals surface area (Å²) in [5.41, 5.74) is 12.4. The molecule has 0 aliphatic carbocycles. The van der Waals surface area contributed by atoms with E-state index in [4.69, 9.17) is 40.6 Å². The maximum Gasteiger partial charge on any atom is 0.351 e. The molecule has 0 aromatic carbocycles. The molecule has 6 rings (SSSR count). The first kappa shape index (κ1) is 29.9. The number of anilines is 2. The van der Waals surface area contributed by atoms with Crippen LogP contribution in [0.5, 0.6) is 0 Å². The molecule has 19 nitrogen and oxygen atoms in total. The highest BCUT2D eigenvalue weighted by molar-refractivity contribution is 7.51. The highest BCUT2D eigenvalue weighted by Crippen LogP contribution is 2.39. The molecular formula is C20H25F2N10O9P. The summed E-state index contributed by atoms with van der Waals surface area (Å²) in [4.78, 5) is 41.0. The standard InChI is InChI=1S/C10H13FN5O6P.C10H12FN5O3/c11-4-6(17)9(22-10(4)21-3-23(18,19)20)16-2-15-5-7(12)13-1-14-8(5)16;11-5-4(1-17)19-10(7(5)18)16-3-15-6-8(12)13-2-14-9(6)16/h1-2,4,6,9-10,17H,3H2,(H2,12,13,14)(H2,18,19,20);2-5,7,10,17-18H,1H2,(H2,12,13,14)/t4?,6-,9+,10-;4-,5?,7+,10-/m01/s1. The van der Waals surface area contributed by atoms with Gasteiger partial charge in [0.1, 0.15) is 42.0 Å². The molecule has 2 saturated heterocycles. The van der Waals surface area contributed by atoms with Crippen molar-refractivity contribution in [1.82, 2.24) is 39.0 Å². The molecule has 4 aromatic heterocycles. The van der Waals surface area contributed by atoms with Gasteiger partial charge in [0.25, 0.3) is 0 Å². The molecule has 42 heavy (non-hydrogen) atoms. The highest BCUT2D eigenvalue weighted by Gasteiger charge is 2.47. The van der Waals surface area contributed by atoms with Gasteiger partial charge in [0.05, 0.1) is 19.3 Å². The normalized spacial score (nSPS) is 29.7. The second-order valence-electron chi connectivity index (χ2n) is 9.14. The molecule has 2 aliphatic heterocycles. The molecule has 0 spiro atoms. The monoisotopic (exact) mass is 618 g/mol. The van der Waals surface area contributed by atoms with E-state index in [1.54, 1.807) is 0 Å². The molecule has 8 atom stereocenters. The predicted molar refractivity (Wildman–Crippen MR) is 134 cm³/mol. The van der Waals surface area contributed by atoms with Gasteiger partial charge in [-0.25, -0.2) is 38.7 Å². The topological polar surface area (TPSA) is 285 Å². The number of rotatable bonds is 6. The lowest BCUT2D eigenvalue weighted by atomic mass is 10.1. The Labute approximate surface area is 232 Å². The lowest BCUT2D eigenvalue weighted by Crippen LogP contribution is -2.29. The minimum atomic E-state index is -4.50. The number of halogens is 2. The predicted octanol–water partition coefficient (Wildman–Crippen LogP) is -1.89. The molecule has 2 fully saturated rings. The molecule has 4 aromatic rings. The Morgan fingerprint density at radius 3 is 1.83 bits per heavy atom. The molecule has 0 radical (unpaired) electrons. The Kier molecular flexibility index (Phi) is 8.29. The Morgan fingerprint density at radius 2 is 1.36 bits per heavy atom. The second kappa shape index (κ2) is 11.6. The van der Waals surface area contributed by atoms with Gasteiger partial charge in [-0.15, -0.1) is 0 Å². The molecule has 2 unspecified atom stereocenters. The number of aliphatic hydroxyl groups is 3. The van der Waals surface area contributed by atoms with Gasteiger partial charge in [-0.2, -0.15) is 0 Å². The Hall–Kier alpha value is -3.53. The lowest BCUT2D eigenvalue weighted by molar-refractivity contribution is -0.158. The van der Waals surface area contributed by atoms with Crippen LogP contribution in [0.25, 0.3) is 22.3 Å². The number of ether oxygens (including phenoxy) is 3. The molecule has 228 valence electrons. The van der Waals surface area contributed by atoms with E-state index in [-0.39, 0.29) is 22.8 Å². The van der Waals surface area contributed by atoms with Gasteiger partial charge in [-0.05, 0) is 0 Å². The van der Waals surface area contributed by atoms with E-state index < -0.39 is 70.0 Å². The van der Waals surface area contributed by atoms with Crippen LogP contribution < -0.4 is 11.5 Å². The number of aromatic nitrogens is 8.